The van der Waals surface area contributed by atoms with Crippen LogP contribution in [0.25, 0.3) is 0 Å². The molecule has 0 aromatic rings. The first-order chi connectivity index (χ1) is 10.2. The lowest BCUT2D eigenvalue weighted by Gasteiger charge is -2.31. The smallest absolute Gasteiger partial charge is 0.408 e. The Morgan fingerprint density at radius 3 is 2.27 bits per heavy atom. The van der Waals surface area contributed by atoms with Crippen molar-refractivity contribution in [2.24, 2.45) is 5.92 Å². The van der Waals surface area contributed by atoms with E-state index in [2.05, 4.69) is 5.32 Å². The number of piperidine rings is 1. The summed E-state index contributed by atoms with van der Waals surface area (Å²) in [6.45, 7) is 8.32. The lowest BCUT2D eigenvalue weighted by molar-refractivity contribution is -0.151. The molecule has 0 aliphatic carbocycles. The number of hydrogen-bond acceptors (Lipinski definition) is 5. The van der Waals surface area contributed by atoms with E-state index in [1.807, 2.05) is 0 Å². The zero-order valence-corrected chi connectivity index (χ0v) is 13.8. The van der Waals surface area contributed by atoms with Crippen LogP contribution in [0.2, 0.25) is 0 Å². The number of likely N-dealkylation sites (tertiary alicyclic amines) is 1. The van der Waals surface area contributed by atoms with Gasteiger partial charge in [-0.05, 0) is 40.5 Å². The summed E-state index contributed by atoms with van der Waals surface area (Å²) in [7, 11) is 0. The SMILES string of the molecule is CCOC(=O)C1CCN(C(=O)CNC(=O)OC(C)(C)C)CC1. The number of rotatable bonds is 4. The van der Waals surface area contributed by atoms with Gasteiger partial charge in [-0.3, -0.25) is 9.59 Å². The summed E-state index contributed by atoms with van der Waals surface area (Å²) in [5, 5.41) is 2.45. The van der Waals surface area contributed by atoms with Crippen molar-refractivity contribution >= 4 is 18.0 Å². The third-order valence-corrected chi connectivity index (χ3v) is 3.25. The molecular formula is C15H26N2O5. The number of carbonyl (C=O) groups excluding carboxylic acids is 3. The van der Waals surface area contributed by atoms with Crippen molar-refractivity contribution < 1.29 is 23.9 Å². The summed E-state index contributed by atoms with van der Waals surface area (Å²) in [6, 6.07) is 0. The number of esters is 1. The Morgan fingerprint density at radius 1 is 1.18 bits per heavy atom. The molecule has 0 spiro atoms. The summed E-state index contributed by atoms with van der Waals surface area (Å²) >= 11 is 0. The van der Waals surface area contributed by atoms with Crippen molar-refractivity contribution in [3.63, 3.8) is 0 Å². The van der Waals surface area contributed by atoms with Crippen molar-refractivity contribution in [2.75, 3.05) is 26.2 Å². The molecule has 7 nitrogen and oxygen atoms in total. The molecule has 1 aliphatic rings. The van der Waals surface area contributed by atoms with Gasteiger partial charge in [-0.1, -0.05) is 0 Å². The molecule has 1 fully saturated rings. The molecule has 7 heteroatoms. The maximum atomic E-state index is 12.0. The minimum absolute atomic E-state index is 0.0982. The number of alkyl carbamates (subject to hydrolysis) is 1. The Bertz CT molecular complexity index is 409. The highest BCUT2D eigenvalue weighted by Gasteiger charge is 2.28. The maximum Gasteiger partial charge on any atom is 0.408 e. The van der Waals surface area contributed by atoms with Crippen molar-refractivity contribution in [3.8, 4) is 0 Å². The minimum Gasteiger partial charge on any atom is -0.466 e. The fourth-order valence-corrected chi connectivity index (χ4v) is 2.20. The third kappa shape index (κ3) is 6.32. The minimum atomic E-state index is -0.609. The molecule has 1 saturated heterocycles. The second kappa shape index (κ2) is 8.00. The van der Waals surface area contributed by atoms with E-state index in [4.69, 9.17) is 9.47 Å². The molecule has 0 unspecified atom stereocenters. The Morgan fingerprint density at radius 2 is 1.77 bits per heavy atom. The van der Waals surface area contributed by atoms with Crippen LogP contribution in [0.5, 0.6) is 0 Å². The lowest BCUT2D eigenvalue weighted by Crippen LogP contribution is -2.46. The third-order valence-electron chi connectivity index (χ3n) is 3.25. The number of amides is 2. The first-order valence-corrected chi connectivity index (χ1v) is 7.64. The molecule has 1 N–H and O–H groups in total. The average molecular weight is 314 g/mol. The van der Waals surface area contributed by atoms with Gasteiger partial charge in [0.1, 0.15) is 12.1 Å². The normalized spacial score (nSPS) is 16.1. The van der Waals surface area contributed by atoms with Gasteiger partial charge >= 0.3 is 12.1 Å². The predicted octanol–water partition coefficient (Wildman–Crippen LogP) is 1.31. The van der Waals surface area contributed by atoms with Crippen LogP contribution in [0.1, 0.15) is 40.5 Å². The second-order valence-electron chi connectivity index (χ2n) is 6.26. The summed E-state index contributed by atoms with van der Waals surface area (Å²) in [6.07, 6.45) is 0.579. The van der Waals surface area contributed by atoms with Crippen LogP contribution in [-0.4, -0.2) is 54.7 Å². The van der Waals surface area contributed by atoms with Crippen molar-refractivity contribution in [1.82, 2.24) is 10.2 Å². The molecule has 0 aromatic heterocycles. The molecule has 1 rings (SSSR count). The van der Waals surface area contributed by atoms with Crippen LogP contribution in [0.3, 0.4) is 0 Å². The van der Waals surface area contributed by atoms with E-state index in [1.165, 1.54) is 0 Å². The average Bonchev–Trinajstić information content (AvgIpc) is 2.43. The molecule has 0 atom stereocenters. The van der Waals surface area contributed by atoms with Crippen molar-refractivity contribution in [2.45, 2.75) is 46.1 Å². The standard InChI is InChI=1S/C15H26N2O5/c1-5-21-13(19)11-6-8-17(9-7-11)12(18)10-16-14(20)22-15(2,3)4/h11H,5-10H2,1-4H3,(H,16,20). The summed E-state index contributed by atoms with van der Waals surface area (Å²) in [5.41, 5.74) is -0.592. The van der Waals surface area contributed by atoms with E-state index in [1.54, 1.807) is 32.6 Å². The van der Waals surface area contributed by atoms with Crippen molar-refractivity contribution in [1.29, 1.82) is 0 Å². The molecule has 126 valence electrons. The largest absolute Gasteiger partial charge is 0.466 e. The summed E-state index contributed by atoms with van der Waals surface area (Å²) < 4.78 is 10.1. The van der Waals surface area contributed by atoms with Gasteiger partial charge in [-0.25, -0.2) is 4.79 Å². The van der Waals surface area contributed by atoms with Crippen LogP contribution in [0, 0.1) is 5.92 Å². The molecular weight excluding hydrogens is 288 g/mol. The Labute approximate surface area is 131 Å². The zero-order valence-electron chi connectivity index (χ0n) is 13.8. The summed E-state index contributed by atoms with van der Waals surface area (Å²) in [4.78, 5) is 36.8. The van der Waals surface area contributed by atoms with E-state index in [0.717, 1.165) is 0 Å². The fraction of sp³-hybridized carbons (Fsp3) is 0.800. The number of nitrogens with zero attached hydrogens (tertiary/aromatic N) is 1. The number of carbonyl (C=O) groups is 3. The Kier molecular flexibility index (Phi) is 6.64. The van der Waals surface area contributed by atoms with Crippen LogP contribution < -0.4 is 5.32 Å². The first kappa shape index (κ1) is 18.3. The lowest BCUT2D eigenvalue weighted by atomic mass is 9.97. The monoisotopic (exact) mass is 314 g/mol. The molecule has 2 amide bonds. The molecule has 22 heavy (non-hydrogen) atoms. The quantitative estimate of drug-likeness (QED) is 0.791. The predicted molar refractivity (Wildman–Crippen MR) is 80.2 cm³/mol. The molecule has 0 radical (unpaired) electrons. The number of hydrogen-bond donors (Lipinski definition) is 1. The van der Waals surface area contributed by atoms with Gasteiger partial charge < -0.3 is 19.7 Å². The van der Waals surface area contributed by atoms with Gasteiger partial charge in [0.15, 0.2) is 0 Å². The molecule has 0 bridgehead atoms. The van der Waals surface area contributed by atoms with Gasteiger partial charge in [0.25, 0.3) is 0 Å². The second-order valence-corrected chi connectivity index (χ2v) is 6.26. The van der Waals surface area contributed by atoms with Crippen LogP contribution in [0.15, 0.2) is 0 Å². The van der Waals surface area contributed by atoms with E-state index in [-0.39, 0.29) is 24.3 Å². The number of nitrogens with one attached hydrogen (secondary N) is 1. The Balaban J connectivity index is 2.31. The van der Waals surface area contributed by atoms with Gasteiger partial charge in [0.05, 0.1) is 12.5 Å². The topological polar surface area (TPSA) is 84.9 Å². The van der Waals surface area contributed by atoms with Gasteiger partial charge in [0.2, 0.25) is 5.91 Å². The van der Waals surface area contributed by atoms with Crippen LogP contribution in [0.4, 0.5) is 4.79 Å². The van der Waals surface area contributed by atoms with E-state index in [9.17, 15) is 14.4 Å². The molecule has 1 heterocycles. The van der Waals surface area contributed by atoms with Crippen LogP contribution >= 0.6 is 0 Å². The highest BCUT2D eigenvalue weighted by Crippen LogP contribution is 2.18. The molecule has 0 saturated carbocycles. The van der Waals surface area contributed by atoms with Crippen molar-refractivity contribution in [3.05, 3.63) is 0 Å². The van der Waals surface area contributed by atoms with E-state index in [0.29, 0.717) is 32.5 Å². The number of ether oxygens (including phenoxy) is 2. The van der Waals surface area contributed by atoms with Gasteiger partial charge in [0, 0.05) is 13.1 Å². The first-order valence-electron chi connectivity index (χ1n) is 7.64. The fourth-order valence-electron chi connectivity index (χ4n) is 2.20. The van der Waals surface area contributed by atoms with Gasteiger partial charge in [-0.15, -0.1) is 0 Å². The Hall–Kier alpha value is -1.79. The zero-order chi connectivity index (χ0) is 16.8. The molecule has 1 aliphatic heterocycles. The van der Waals surface area contributed by atoms with Crippen LogP contribution in [-0.2, 0) is 19.1 Å². The summed E-state index contributed by atoms with van der Waals surface area (Å²) in [5.74, 6) is -0.502. The maximum absolute atomic E-state index is 12.0. The highest BCUT2D eigenvalue weighted by atomic mass is 16.6. The van der Waals surface area contributed by atoms with Gasteiger partial charge in [-0.2, -0.15) is 0 Å². The van der Waals surface area contributed by atoms with E-state index >= 15 is 0 Å². The highest BCUT2D eigenvalue weighted by molar-refractivity contribution is 5.82. The van der Waals surface area contributed by atoms with E-state index < -0.39 is 11.7 Å². The molecule has 0 aromatic carbocycles.